The summed E-state index contributed by atoms with van der Waals surface area (Å²) in [5.41, 5.74) is 1.33. The molecule has 0 atom stereocenters. The molecular weight excluding hydrogens is 451 g/mol. The van der Waals surface area contributed by atoms with Crippen LogP contribution in [0.15, 0.2) is 58.3 Å². The van der Waals surface area contributed by atoms with Gasteiger partial charge in [0.15, 0.2) is 4.34 Å². The van der Waals surface area contributed by atoms with Crippen molar-refractivity contribution < 1.29 is 27.5 Å². The van der Waals surface area contributed by atoms with Crippen molar-refractivity contribution >= 4 is 46.3 Å². The van der Waals surface area contributed by atoms with Crippen LogP contribution in [0.5, 0.6) is 5.75 Å². The van der Waals surface area contributed by atoms with Crippen LogP contribution in [0.1, 0.15) is 5.69 Å². The zero-order chi connectivity index (χ0) is 22.2. The first kappa shape index (κ1) is 22.6. The minimum Gasteiger partial charge on any atom is -0.435 e. The van der Waals surface area contributed by atoms with E-state index in [2.05, 4.69) is 20.4 Å². The summed E-state index contributed by atoms with van der Waals surface area (Å²) in [5.74, 6) is -0.977. The summed E-state index contributed by atoms with van der Waals surface area (Å²) >= 11 is 2.51. The van der Waals surface area contributed by atoms with Crippen molar-refractivity contribution in [3.8, 4) is 5.75 Å². The molecule has 0 aliphatic carbocycles. The first-order chi connectivity index (χ1) is 14.9. The van der Waals surface area contributed by atoms with Gasteiger partial charge in [-0.05, 0) is 36.4 Å². The lowest BCUT2D eigenvalue weighted by Crippen LogP contribution is -2.15. The predicted octanol–water partition coefficient (Wildman–Crippen LogP) is 4.80. The summed E-state index contributed by atoms with van der Waals surface area (Å²) in [6.07, 6.45) is -0.0151. The molecule has 3 aromatic rings. The molecule has 3 rings (SSSR count). The smallest absolute Gasteiger partial charge is 0.387 e. The van der Waals surface area contributed by atoms with Gasteiger partial charge in [-0.1, -0.05) is 17.8 Å². The summed E-state index contributed by atoms with van der Waals surface area (Å²) in [7, 11) is 0. The first-order valence-corrected chi connectivity index (χ1v) is 10.7. The Kier molecular flexibility index (Phi) is 7.90. The highest BCUT2D eigenvalue weighted by molar-refractivity contribution is 8.01. The SMILES string of the molecule is O=C(CSc1nc(CC(=O)Nc2cccc(OC(F)F)c2)cs1)Nc1ccc(F)cc1. The topological polar surface area (TPSA) is 80.3 Å². The summed E-state index contributed by atoms with van der Waals surface area (Å²) in [6, 6.07) is 11.1. The van der Waals surface area contributed by atoms with Crippen molar-refractivity contribution in [3.05, 3.63) is 65.4 Å². The molecular formula is C20H16F3N3O3S2. The molecule has 162 valence electrons. The fourth-order valence-electron chi connectivity index (χ4n) is 2.41. The van der Waals surface area contributed by atoms with Crippen molar-refractivity contribution in [1.82, 2.24) is 4.98 Å². The van der Waals surface area contributed by atoms with Gasteiger partial charge in [-0.3, -0.25) is 9.59 Å². The van der Waals surface area contributed by atoms with Gasteiger partial charge in [-0.2, -0.15) is 8.78 Å². The Labute approximate surface area is 183 Å². The van der Waals surface area contributed by atoms with Gasteiger partial charge in [0.2, 0.25) is 11.8 Å². The number of aromatic nitrogens is 1. The van der Waals surface area contributed by atoms with E-state index in [1.807, 2.05) is 0 Å². The second-order valence-corrected chi connectivity index (χ2v) is 8.16. The maximum Gasteiger partial charge on any atom is 0.387 e. The van der Waals surface area contributed by atoms with Crippen LogP contribution in [0.4, 0.5) is 24.5 Å². The maximum atomic E-state index is 12.9. The third-order valence-corrected chi connectivity index (χ3v) is 5.74. The molecule has 0 bridgehead atoms. The minimum absolute atomic E-state index is 0.0151. The Morgan fingerprint density at radius 3 is 2.55 bits per heavy atom. The molecule has 2 N–H and O–H groups in total. The lowest BCUT2D eigenvalue weighted by atomic mass is 10.2. The van der Waals surface area contributed by atoms with E-state index in [-0.39, 0.29) is 35.6 Å². The number of amides is 2. The molecule has 0 aliphatic heterocycles. The van der Waals surface area contributed by atoms with E-state index < -0.39 is 6.61 Å². The quantitative estimate of drug-likeness (QED) is 0.442. The van der Waals surface area contributed by atoms with Gasteiger partial charge in [0.1, 0.15) is 11.6 Å². The van der Waals surface area contributed by atoms with Gasteiger partial charge < -0.3 is 15.4 Å². The Bertz CT molecular complexity index is 1050. The molecule has 0 radical (unpaired) electrons. The molecule has 0 saturated carbocycles. The van der Waals surface area contributed by atoms with Crippen LogP contribution in [0.25, 0.3) is 0 Å². The number of ether oxygens (including phenoxy) is 1. The average molecular weight is 467 g/mol. The number of carbonyl (C=O) groups is 2. The lowest BCUT2D eigenvalue weighted by molar-refractivity contribution is -0.116. The van der Waals surface area contributed by atoms with E-state index in [0.717, 1.165) is 0 Å². The second kappa shape index (κ2) is 10.8. The predicted molar refractivity (Wildman–Crippen MR) is 113 cm³/mol. The number of carbonyl (C=O) groups excluding carboxylic acids is 2. The third-order valence-electron chi connectivity index (χ3n) is 3.67. The van der Waals surface area contributed by atoms with Crippen LogP contribution in [0.3, 0.4) is 0 Å². The molecule has 0 unspecified atom stereocenters. The Balaban J connectivity index is 1.46. The molecule has 0 spiro atoms. The second-order valence-electron chi connectivity index (χ2n) is 6.08. The number of hydrogen-bond acceptors (Lipinski definition) is 6. The molecule has 1 heterocycles. The molecule has 0 saturated heterocycles. The van der Waals surface area contributed by atoms with Gasteiger partial charge >= 0.3 is 6.61 Å². The van der Waals surface area contributed by atoms with E-state index >= 15 is 0 Å². The summed E-state index contributed by atoms with van der Waals surface area (Å²) in [5, 5.41) is 6.95. The molecule has 1 aromatic heterocycles. The fourth-order valence-corrected chi connectivity index (χ4v) is 4.06. The molecule has 0 fully saturated rings. The Morgan fingerprint density at radius 2 is 1.81 bits per heavy atom. The maximum absolute atomic E-state index is 12.9. The number of halogens is 3. The van der Waals surface area contributed by atoms with Crippen molar-refractivity contribution in [3.63, 3.8) is 0 Å². The average Bonchev–Trinajstić information content (AvgIpc) is 3.15. The monoisotopic (exact) mass is 467 g/mol. The largest absolute Gasteiger partial charge is 0.435 e. The van der Waals surface area contributed by atoms with Crippen molar-refractivity contribution in [2.24, 2.45) is 0 Å². The molecule has 31 heavy (non-hydrogen) atoms. The van der Waals surface area contributed by atoms with Crippen LogP contribution in [0, 0.1) is 5.82 Å². The van der Waals surface area contributed by atoms with Crippen LogP contribution >= 0.6 is 23.1 Å². The van der Waals surface area contributed by atoms with Crippen LogP contribution in [-0.2, 0) is 16.0 Å². The highest BCUT2D eigenvalue weighted by atomic mass is 32.2. The van der Waals surface area contributed by atoms with Crippen LogP contribution in [0.2, 0.25) is 0 Å². The number of anilines is 2. The van der Waals surface area contributed by atoms with Crippen LogP contribution in [-0.4, -0.2) is 29.2 Å². The standard InChI is InChI=1S/C20H16F3N3O3S2/c21-12-4-6-13(7-5-12)24-18(28)11-31-20-26-15(10-30-20)9-17(27)25-14-2-1-3-16(8-14)29-19(22)23/h1-8,10,19H,9,11H2,(H,24,28)(H,25,27). The van der Waals surface area contributed by atoms with Crippen molar-refractivity contribution in [2.75, 3.05) is 16.4 Å². The van der Waals surface area contributed by atoms with E-state index in [4.69, 9.17) is 0 Å². The number of alkyl halides is 2. The summed E-state index contributed by atoms with van der Waals surface area (Å²) < 4.78 is 42.4. The van der Waals surface area contributed by atoms with E-state index in [0.29, 0.717) is 21.4 Å². The molecule has 6 nitrogen and oxygen atoms in total. The van der Waals surface area contributed by atoms with Crippen molar-refractivity contribution in [1.29, 1.82) is 0 Å². The summed E-state index contributed by atoms with van der Waals surface area (Å²) in [6.45, 7) is -2.95. The molecule has 2 amide bonds. The number of nitrogens with one attached hydrogen (secondary N) is 2. The molecule has 2 aromatic carbocycles. The zero-order valence-corrected chi connectivity index (χ0v) is 17.4. The minimum atomic E-state index is -2.95. The number of nitrogens with zero attached hydrogens (tertiary/aromatic N) is 1. The normalized spacial score (nSPS) is 10.7. The van der Waals surface area contributed by atoms with Gasteiger partial charge in [-0.25, -0.2) is 9.37 Å². The fraction of sp³-hybridized carbons (Fsp3) is 0.150. The van der Waals surface area contributed by atoms with Gasteiger partial charge in [-0.15, -0.1) is 11.3 Å². The number of thiazole rings is 1. The van der Waals surface area contributed by atoms with Gasteiger partial charge in [0.25, 0.3) is 0 Å². The van der Waals surface area contributed by atoms with Gasteiger partial charge in [0, 0.05) is 22.8 Å². The van der Waals surface area contributed by atoms with Crippen molar-refractivity contribution in [2.45, 2.75) is 17.4 Å². The number of rotatable bonds is 9. The zero-order valence-electron chi connectivity index (χ0n) is 15.8. The lowest BCUT2D eigenvalue weighted by Gasteiger charge is -2.08. The van der Waals surface area contributed by atoms with E-state index in [1.54, 1.807) is 11.4 Å². The van der Waals surface area contributed by atoms with E-state index in [1.165, 1.54) is 65.6 Å². The Hall–Kier alpha value is -3.05. The molecule has 0 aliphatic rings. The highest BCUT2D eigenvalue weighted by Gasteiger charge is 2.11. The molecule has 11 heteroatoms. The van der Waals surface area contributed by atoms with Gasteiger partial charge in [0.05, 0.1) is 17.9 Å². The van der Waals surface area contributed by atoms with Crippen LogP contribution < -0.4 is 15.4 Å². The number of thioether (sulfide) groups is 1. The first-order valence-electron chi connectivity index (χ1n) is 8.85. The number of benzene rings is 2. The number of hydrogen-bond donors (Lipinski definition) is 2. The highest BCUT2D eigenvalue weighted by Crippen LogP contribution is 2.24. The Morgan fingerprint density at radius 1 is 1.06 bits per heavy atom. The third kappa shape index (κ3) is 7.61. The van der Waals surface area contributed by atoms with E-state index in [9.17, 15) is 22.8 Å². The summed E-state index contributed by atoms with van der Waals surface area (Å²) in [4.78, 5) is 28.5.